The maximum absolute atomic E-state index is 5.06. The van der Waals surface area contributed by atoms with Crippen LogP contribution in [-0.4, -0.2) is 19.5 Å². The standard InChI is InChI=1S/C51H42N4/c1-3-10-35(11-4-1)48-52-49(36-12-5-2-6-13-36)54-50(53-48)39-14-9-15-42(29-39)55-46-17-8-7-16-43(46)44-21-20-38(31-47(44)55)37-19-18-34-22-23-51(45(34)30-37)40-25-32-24-33(27-40)28-41(51)26-32/h1-21,29-33,40-41H,22-28H2. The zero-order valence-corrected chi connectivity index (χ0v) is 30.9. The number of aryl methyl sites for hydroxylation is 1. The van der Waals surface area contributed by atoms with Crippen molar-refractivity contribution in [3.05, 3.63) is 157 Å². The van der Waals surface area contributed by atoms with E-state index in [2.05, 4.69) is 114 Å². The molecule has 0 saturated heterocycles. The van der Waals surface area contributed by atoms with Crippen molar-refractivity contribution in [3.8, 4) is 51.0 Å². The van der Waals surface area contributed by atoms with Gasteiger partial charge in [-0.1, -0.05) is 121 Å². The largest absolute Gasteiger partial charge is 0.309 e. The smallest absolute Gasteiger partial charge is 0.164 e. The van der Waals surface area contributed by atoms with Gasteiger partial charge in [-0.2, -0.15) is 0 Å². The molecule has 0 N–H and O–H groups in total. The lowest BCUT2D eigenvalue weighted by atomic mass is 9.44. The normalized spacial score (nSPS) is 23.6. The lowest BCUT2D eigenvalue weighted by Crippen LogP contribution is -2.54. The molecule has 2 heterocycles. The molecule has 0 atom stereocenters. The molecule has 1 spiro atoms. The van der Waals surface area contributed by atoms with Crippen LogP contribution in [0.2, 0.25) is 0 Å². The second-order valence-electron chi connectivity index (χ2n) is 16.9. The van der Waals surface area contributed by atoms with Crippen molar-refractivity contribution in [1.29, 1.82) is 0 Å². The van der Waals surface area contributed by atoms with Crippen molar-refractivity contribution in [3.63, 3.8) is 0 Å². The van der Waals surface area contributed by atoms with Crippen molar-refractivity contribution in [2.75, 3.05) is 0 Å². The van der Waals surface area contributed by atoms with Crippen LogP contribution < -0.4 is 0 Å². The average Bonchev–Trinajstić information content (AvgIpc) is 3.79. The molecule has 0 unspecified atom stereocenters. The predicted octanol–water partition coefficient (Wildman–Crippen LogP) is 12.3. The molecule has 0 aliphatic heterocycles. The van der Waals surface area contributed by atoms with E-state index in [1.165, 1.54) is 77.9 Å². The van der Waals surface area contributed by atoms with E-state index in [0.717, 1.165) is 46.0 Å². The third-order valence-corrected chi connectivity index (χ3v) is 14.1. The first-order valence-corrected chi connectivity index (χ1v) is 20.3. The number of rotatable bonds is 5. The van der Waals surface area contributed by atoms with Gasteiger partial charge in [0.05, 0.1) is 11.0 Å². The zero-order chi connectivity index (χ0) is 36.1. The Morgan fingerprint density at radius 2 is 1.04 bits per heavy atom. The Hall–Kier alpha value is -5.87. The van der Waals surface area contributed by atoms with Crippen LogP contribution in [0.3, 0.4) is 0 Å². The molecule has 4 saturated carbocycles. The molecule has 5 aliphatic carbocycles. The maximum Gasteiger partial charge on any atom is 0.164 e. The van der Waals surface area contributed by atoms with E-state index in [0.29, 0.717) is 22.9 Å². The molecule has 4 nitrogen and oxygen atoms in total. The fourth-order valence-corrected chi connectivity index (χ4v) is 11.9. The van der Waals surface area contributed by atoms with Crippen LogP contribution in [0.15, 0.2) is 146 Å². The van der Waals surface area contributed by atoms with Gasteiger partial charge in [0.2, 0.25) is 0 Å². The second-order valence-corrected chi connectivity index (χ2v) is 16.9. The van der Waals surface area contributed by atoms with Gasteiger partial charge < -0.3 is 4.57 Å². The number of hydrogen-bond donors (Lipinski definition) is 0. The minimum Gasteiger partial charge on any atom is -0.309 e. The summed E-state index contributed by atoms with van der Waals surface area (Å²) in [6.45, 7) is 0. The molecule has 6 aromatic carbocycles. The fraction of sp³-hybridized carbons (Fsp3) is 0.235. The van der Waals surface area contributed by atoms with Crippen LogP contribution >= 0.6 is 0 Å². The Balaban J connectivity index is 0.991. The van der Waals surface area contributed by atoms with Crippen molar-refractivity contribution >= 4 is 21.8 Å². The highest BCUT2D eigenvalue weighted by Crippen LogP contribution is 2.66. The molecule has 55 heavy (non-hydrogen) atoms. The Bertz CT molecular complexity index is 2690. The predicted molar refractivity (Wildman–Crippen MR) is 223 cm³/mol. The maximum atomic E-state index is 5.06. The summed E-state index contributed by atoms with van der Waals surface area (Å²) in [7, 11) is 0. The molecule has 0 radical (unpaired) electrons. The third kappa shape index (κ3) is 4.86. The van der Waals surface area contributed by atoms with Crippen LogP contribution in [-0.2, 0) is 11.8 Å². The monoisotopic (exact) mass is 710 g/mol. The summed E-state index contributed by atoms with van der Waals surface area (Å²) in [5.41, 5.74) is 12.8. The molecular weight excluding hydrogens is 669 g/mol. The number of nitrogens with zero attached hydrogens (tertiary/aromatic N) is 4. The van der Waals surface area contributed by atoms with Crippen LogP contribution in [0.25, 0.3) is 72.8 Å². The number of benzene rings is 6. The SMILES string of the molecule is c1ccc(-c2nc(-c3ccccc3)nc(-c3cccc(-n4c5ccccc5c5ccc(-c6ccc7c(c6)C6(CC7)C7CC8CC(C7)CC6C8)cc54)c3)n2)cc1. The summed E-state index contributed by atoms with van der Waals surface area (Å²) in [5, 5.41) is 2.52. The molecule has 266 valence electrons. The first kappa shape index (κ1) is 31.5. The van der Waals surface area contributed by atoms with E-state index in [-0.39, 0.29) is 0 Å². The lowest BCUT2D eigenvalue weighted by Gasteiger charge is -2.61. The van der Waals surface area contributed by atoms with Gasteiger partial charge in [-0.15, -0.1) is 0 Å². The zero-order valence-electron chi connectivity index (χ0n) is 30.9. The lowest BCUT2D eigenvalue weighted by molar-refractivity contribution is -0.0601. The number of fused-ring (bicyclic) bond motifs is 4. The Labute approximate surface area is 322 Å². The molecule has 2 aromatic heterocycles. The van der Waals surface area contributed by atoms with E-state index in [1.807, 2.05) is 36.4 Å². The molecule has 8 aromatic rings. The molecule has 13 rings (SSSR count). The van der Waals surface area contributed by atoms with Gasteiger partial charge in [0, 0.05) is 38.6 Å². The number of hydrogen-bond acceptors (Lipinski definition) is 3. The van der Waals surface area contributed by atoms with Crippen molar-refractivity contribution in [2.45, 2.75) is 50.4 Å². The fourth-order valence-electron chi connectivity index (χ4n) is 11.9. The topological polar surface area (TPSA) is 43.6 Å². The van der Waals surface area contributed by atoms with Crippen molar-refractivity contribution in [2.24, 2.45) is 23.7 Å². The Morgan fingerprint density at radius 1 is 0.455 bits per heavy atom. The molecule has 0 amide bonds. The number of aromatic nitrogens is 4. The first-order valence-electron chi connectivity index (χ1n) is 20.3. The molecule has 4 bridgehead atoms. The minimum absolute atomic E-state index is 0.411. The highest BCUT2D eigenvalue weighted by atomic mass is 15.0. The molecule has 4 heteroatoms. The van der Waals surface area contributed by atoms with Crippen LogP contribution in [0.5, 0.6) is 0 Å². The van der Waals surface area contributed by atoms with Crippen LogP contribution in [0, 0.1) is 23.7 Å². The van der Waals surface area contributed by atoms with E-state index >= 15 is 0 Å². The average molecular weight is 711 g/mol. The summed E-state index contributed by atoms with van der Waals surface area (Å²) in [6, 6.07) is 52.6. The van der Waals surface area contributed by atoms with Gasteiger partial charge in [-0.05, 0) is 115 Å². The van der Waals surface area contributed by atoms with Gasteiger partial charge in [0.1, 0.15) is 0 Å². The van der Waals surface area contributed by atoms with Gasteiger partial charge in [-0.25, -0.2) is 15.0 Å². The summed E-state index contributed by atoms with van der Waals surface area (Å²) >= 11 is 0. The van der Waals surface area contributed by atoms with Gasteiger partial charge >= 0.3 is 0 Å². The van der Waals surface area contributed by atoms with E-state index in [9.17, 15) is 0 Å². The minimum atomic E-state index is 0.411. The third-order valence-electron chi connectivity index (χ3n) is 14.1. The Kier molecular flexibility index (Phi) is 6.91. The van der Waals surface area contributed by atoms with Crippen LogP contribution in [0.4, 0.5) is 0 Å². The van der Waals surface area contributed by atoms with E-state index < -0.39 is 0 Å². The van der Waals surface area contributed by atoms with Gasteiger partial charge in [-0.3, -0.25) is 0 Å². The van der Waals surface area contributed by atoms with Gasteiger partial charge in [0.25, 0.3) is 0 Å². The summed E-state index contributed by atoms with van der Waals surface area (Å²) in [4.78, 5) is 15.1. The van der Waals surface area contributed by atoms with Crippen molar-refractivity contribution < 1.29 is 0 Å². The van der Waals surface area contributed by atoms with Crippen molar-refractivity contribution in [1.82, 2.24) is 19.5 Å². The molecular formula is C51H42N4. The number of para-hydroxylation sites is 1. The van der Waals surface area contributed by atoms with Gasteiger partial charge in [0.15, 0.2) is 17.5 Å². The van der Waals surface area contributed by atoms with Crippen LogP contribution in [0.1, 0.15) is 49.7 Å². The summed E-state index contributed by atoms with van der Waals surface area (Å²) < 4.78 is 2.43. The second kappa shape index (κ2) is 12.1. The highest BCUT2D eigenvalue weighted by molar-refractivity contribution is 6.10. The first-order chi connectivity index (χ1) is 27.2. The summed E-state index contributed by atoms with van der Waals surface area (Å²) in [5.74, 6) is 5.74. The Morgan fingerprint density at radius 3 is 1.75 bits per heavy atom. The molecule has 4 fully saturated rings. The van der Waals surface area contributed by atoms with E-state index in [1.54, 1.807) is 11.1 Å². The van der Waals surface area contributed by atoms with E-state index in [4.69, 9.17) is 15.0 Å². The quantitative estimate of drug-likeness (QED) is 0.179. The molecule has 5 aliphatic rings. The summed E-state index contributed by atoms with van der Waals surface area (Å²) in [6.07, 6.45) is 9.99. The highest BCUT2D eigenvalue weighted by Gasteiger charge is 2.59.